The third-order valence-corrected chi connectivity index (χ3v) is 6.06. The van der Waals surface area contributed by atoms with E-state index in [0.29, 0.717) is 37.9 Å². The maximum atomic E-state index is 12.7. The van der Waals surface area contributed by atoms with E-state index in [2.05, 4.69) is 14.7 Å². The largest absolute Gasteiger partial charge is 0.497 e. The van der Waals surface area contributed by atoms with Crippen LogP contribution in [0.25, 0.3) is 0 Å². The summed E-state index contributed by atoms with van der Waals surface area (Å²) in [5, 5.41) is 0. The molecule has 0 unspecified atom stereocenters. The highest BCUT2D eigenvalue weighted by Gasteiger charge is 2.28. The van der Waals surface area contributed by atoms with E-state index in [4.69, 9.17) is 4.74 Å². The lowest BCUT2D eigenvalue weighted by atomic mass is 10.2. The first-order chi connectivity index (χ1) is 13.4. The molecule has 0 spiro atoms. The second-order valence-electron chi connectivity index (χ2n) is 6.38. The fraction of sp³-hybridized carbons (Fsp3) is 0.389. The number of nitrogens with one attached hydrogen (secondary N) is 1. The number of methoxy groups -OCH3 is 1. The minimum atomic E-state index is -3.81. The van der Waals surface area contributed by atoms with Crippen LogP contribution in [0, 0.1) is 0 Å². The van der Waals surface area contributed by atoms with Crippen molar-refractivity contribution in [3.63, 3.8) is 0 Å². The van der Waals surface area contributed by atoms with E-state index in [9.17, 15) is 13.2 Å². The van der Waals surface area contributed by atoms with Crippen LogP contribution in [0.5, 0.6) is 5.75 Å². The van der Waals surface area contributed by atoms with Crippen LogP contribution in [-0.4, -0.2) is 68.5 Å². The van der Waals surface area contributed by atoms with Crippen LogP contribution >= 0.6 is 0 Å². The summed E-state index contributed by atoms with van der Waals surface area (Å²) in [6.45, 7) is 3.69. The molecule has 2 heterocycles. The topological polar surface area (TPSA) is 105 Å². The molecule has 0 saturated carbocycles. The molecule has 1 atom stereocenters. The van der Waals surface area contributed by atoms with Gasteiger partial charge >= 0.3 is 0 Å². The van der Waals surface area contributed by atoms with Gasteiger partial charge in [0.15, 0.2) is 0 Å². The molecule has 10 heteroatoms. The monoisotopic (exact) mass is 405 g/mol. The van der Waals surface area contributed by atoms with Gasteiger partial charge in [-0.25, -0.2) is 18.4 Å². The molecule has 0 aliphatic carbocycles. The third-order valence-electron chi connectivity index (χ3n) is 4.50. The minimum absolute atomic E-state index is 0.0824. The van der Waals surface area contributed by atoms with Gasteiger partial charge in [0.2, 0.25) is 21.9 Å². The average molecular weight is 405 g/mol. The molecule has 1 N–H and O–H groups in total. The first-order valence-electron chi connectivity index (χ1n) is 8.88. The Kier molecular flexibility index (Phi) is 6.10. The van der Waals surface area contributed by atoms with Crippen LogP contribution < -0.4 is 14.4 Å². The fourth-order valence-corrected chi connectivity index (χ4v) is 4.16. The molecule has 1 aliphatic heterocycles. The zero-order chi connectivity index (χ0) is 20.1. The van der Waals surface area contributed by atoms with Crippen molar-refractivity contribution in [3.8, 4) is 5.75 Å². The molecular formula is C18H23N5O4S. The summed E-state index contributed by atoms with van der Waals surface area (Å²) in [6.07, 6.45) is 3.35. The normalized spacial score (nSPS) is 15.9. The zero-order valence-corrected chi connectivity index (χ0v) is 16.6. The molecule has 1 amide bonds. The number of benzene rings is 1. The van der Waals surface area contributed by atoms with Crippen molar-refractivity contribution < 1.29 is 17.9 Å². The van der Waals surface area contributed by atoms with E-state index < -0.39 is 16.1 Å². The quantitative estimate of drug-likeness (QED) is 0.746. The van der Waals surface area contributed by atoms with Crippen LogP contribution in [0.4, 0.5) is 5.95 Å². The summed E-state index contributed by atoms with van der Waals surface area (Å²) < 4.78 is 32.5. The van der Waals surface area contributed by atoms with Gasteiger partial charge in [-0.15, -0.1) is 0 Å². The minimum Gasteiger partial charge on any atom is -0.497 e. The predicted octanol–water partition coefficient (Wildman–Crippen LogP) is 0.501. The summed E-state index contributed by atoms with van der Waals surface area (Å²) in [6, 6.07) is 6.89. The second kappa shape index (κ2) is 8.53. The smallest absolute Gasteiger partial charge is 0.241 e. The van der Waals surface area contributed by atoms with E-state index in [-0.39, 0.29) is 10.8 Å². The van der Waals surface area contributed by atoms with Gasteiger partial charge in [0, 0.05) is 38.6 Å². The highest BCUT2D eigenvalue weighted by Crippen LogP contribution is 2.16. The number of hydrogen-bond donors (Lipinski definition) is 1. The van der Waals surface area contributed by atoms with Gasteiger partial charge in [-0.1, -0.05) is 0 Å². The fourth-order valence-electron chi connectivity index (χ4n) is 2.96. The van der Waals surface area contributed by atoms with Crippen LogP contribution in [0.15, 0.2) is 47.6 Å². The number of piperazine rings is 1. The van der Waals surface area contributed by atoms with Gasteiger partial charge in [0.05, 0.1) is 18.0 Å². The number of aromatic nitrogens is 2. The molecule has 1 aromatic heterocycles. The van der Waals surface area contributed by atoms with E-state index in [1.807, 2.05) is 4.90 Å². The van der Waals surface area contributed by atoms with Crippen molar-refractivity contribution >= 4 is 21.9 Å². The predicted molar refractivity (Wildman–Crippen MR) is 104 cm³/mol. The summed E-state index contributed by atoms with van der Waals surface area (Å²) >= 11 is 0. The number of carbonyl (C=O) groups is 1. The van der Waals surface area contributed by atoms with Crippen molar-refractivity contribution in [2.45, 2.75) is 17.9 Å². The van der Waals surface area contributed by atoms with E-state index in [1.165, 1.54) is 19.2 Å². The number of sulfonamides is 1. The standard InChI is InChI=1S/C18H23N5O4S/c1-14(21-28(25,26)16-6-4-15(27-2)5-7-16)17(24)22-10-12-23(13-11-22)18-19-8-3-9-20-18/h3-9,14,21H,10-13H2,1-2H3/t14-/m0/s1. The lowest BCUT2D eigenvalue weighted by Gasteiger charge is -2.35. The van der Waals surface area contributed by atoms with Gasteiger partial charge < -0.3 is 14.5 Å². The zero-order valence-electron chi connectivity index (χ0n) is 15.8. The van der Waals surface area contributed by atoms with E-state index >= 15 is 0 Å². The van der Waals surface area contributed by atoms with Crippen LogP contribution in [0.3, 0.4) is 0 Å². The first-order valence-corrected chi connectivity index (χ1v) is 10.4. The highest BCUT2D eigenvalue weighted by atomic mass is 32.2. The number of rotatable bonds is 6. The molecular weight excluding hydrogens is 382 g/mol. The Hall–Kier alpha value is -2.72. The summed E-state index contributed by atoms with van der Waals surface area (Å²) in [4.78, 5) is 24.8. The molecule has 3 rings (SSSR count). The molecule has 9 nitrogen and oxygen atoms in total. The van der Waals surface area contributed by atoms with Crippen molar-refractivity contribution in [2.24, 2.45) is 0 Å². The van der Waals surface area contributed by atoms with Gasteiger partial charge in [-0.2, -0.15) is 4.72 Å². The molecule has 1 saturated heterocycles. The van der Waals surface area contributed by atoms with Crippen molar-refractivity contribution in [1.82, 2.24) is 19.6 Å². The Balaban J connectivity index is 1.58. The van der Waals surface area contributed by atoms with Crippen molar-refractivity contribution in [2.75, 3.05) is 38.2 Å². The Bertz CT molecular complexity index is 897. The summed E-state index contributed by atoms with van der Waals surface area (Å²) in [7, 11) is -2.30. The molecule has 2 aromatic rings. The molecule has 0 radical (unpaired) electrons. The van der Waals surface area contributed by atoms with Crippen LogP contribution in [0.2, 0.25) is 0 Å². The molecule has 28 heavy (non-hydrogen) atoms. The van der Waals surface area contributed by atoms with Crippen LogP contribution in [-0.2, 0) is 14.8 Å². The number of carbonyl (C=O) groups excluding carboxylic acids is 1. The van der Waals surface area contributed by atoms with Crippen molar-refractivity contribution in [1.29, 1.82) is 0 Å². The molecule has 0 bridgehead atoms. The molecule has 1 fully saturated rings. The number of hydrogen-bond acceptors (Lipinski definition) is 7. The lowest BCUT2D eigenvalue weighted by Crippen LogP contribution is -2.54. The number of amides is 1. The SMILES string of the molecule is COc1ccc(S(=O)(=O)N[C@@H](C)C(=O)N2CCN(c3ncccn3)CC2)cc1. The Morgan fingerprint density at radius 2 is 1.71 bits per heavy atom. The van der Waals surface area contributed by atoms with E-state index in [1.54, 1.807) is 42.4 Å². The highest BCUT2D eigenvalue weighted by molar-refractivity contribution is 7.89. The average Bonchev–Trinajstić information content (AvgIpc) is 2.73. The molecule has 1 aliphatic rings. The van der Waals surface area contributed by atoms with E-state index in [0.717, 1.165) is 0 Å². The molecule has 1 aromatic carbocycles. The number of anilines is 1. The number of ether oxygens (including phenoxy) is 1. The maximum absolute atomic E-state index is 12.7. The lowest BCUT2D eigenvalue weighted by molar-refractivity contribution is -0.132. The van der Waals surface area contributed by atoms with Crippen LogP contribution in [0.1, 0.15) is 6.92 Å². The Morgan fingerprint density at radius 1 is 1.11 bits per heavy atom. The summed E-state index contributed by atoms with van der Waals surface area (Å²) in [5.74, 6) is 0.928. The maximum Gasteiger partial charge on any atom is 0.241 e. The summed E-state index contributed by atoms with van der Waals surface area (Å²) in [5.41, 5.74) is 0. The van der Waals surface area contributed by atoms with Gasteiger partial charge in [-0.3, -0.25) is 4.79 Å². The Morgan fingerprint density at radius 3 is 2.29 bits per heavy atom. The Labute approximate surface area is 164 Å². The van der Waals surface area contributed by atoms with Gasteiger partial charge in [0.1, 0.15) is 5.75 Å². The number of nitrogens with zero attached hydrogens (tertiary/aromatic N) is 4. The van der Waals surface area contributed by atoms with Gasteiger partial charge in [-0.05, 0) is 37.3 Å². The van der Waals surface area contributed by atoms with Gasteiger partial charge in [0.25, 0.3) is 0 Å². The first kappa shape index (κ1) is 20.0. The second-order valence-corrected chi connectivity index (χ2v) is 8.09. The molecule has 150 valence electrons. The third kappa shape index (κ3) is 4.57. The van der Waals surface area contributed by atoms with Crippen molar-refractivity contribution in [3.05, 3.63) is 42.7 Å².